The van der Waals surface area contributed by atoms with Crippen LogP contribution in [-0.4, -0.2) is 27.3 Å². The minimum Gasteiger partial charge on any atom is -0.417 e. The van der Waals surface area contributed by atoms with E-state index >= 15 is 0 Å². The third kappa shape index (κ3) is 6.12. The number of rotatable bonds is 8. The first-order chi connectivity index (χ1) is 9.76. The number of carbonyl (C=O) groups is 1. The van der Waals surface area contributed by atoms with Crippen LogP contribution < -0.4 is 0 Å². The molecular formula is C17H28O3Si. The molecule has 1 aromatic carbocycles. The van der Waals surface area contributed by atoms with Crippen LogP contribution in [0.4, 0.5) is 0 Å². The van der Waals surface area contributed by atoms with Crippen LogP contribution in [0.3, 0.4) is 0 Å². The van der Waals surface area contributed by atoms with Gasteiger partial charge in [-0.15, -0.1) is 0 Å². The number of hydrogen-bond acceptors (Lipinski definition) is 3. The topological polar surface area (TPSA) is 35.5 Å². The van der Waals surface area contributed by atoms with Gasteiger partial charge < -0.3 is 14.0 Å². The third-order valence-corrected chi connectivity index (χ3v) is 8.67. The van der Waals surface area contributed by atoms with Crippen molar-refractivity contribution < 1.29 is 14.0 Å². The van der Waals surface area contributed by atoms with Crippen LogP contribution in [0.1, 0.15) is 32.8 Å². The number of carbonyl (C=O) groups excluding carboxylic acids is 1. The number of benzene rings is 1. The number of aldehydes is 1. The monoisotopic (exact) mass is 308 g/mol. The molecule has 0 aromatic heterocycles. The summed E-state index contributed by atoms with van der Waals surface area (Å²) >= 11 is 0. The third-order valence-electron chi connectivity index (χ3n) is 4.13. The molecule has 118 valence electrons. The smallest absolute Gasteiger partial charge is 0.191 e. The predicted molar refractivity (Wildman–Crippen MR) is 88.8 cm³/mol. The molecule has 1 aromatic rings. The molecule has 0 saturated heterocycles. The molecule has 0 amide bonds. The van der Waals surface area contributed by atoms with Gasteiger partial charge in [-0.3, -0.25) is 0 Å². The molecule has 0 N–H and O–H groups in total. The highest BCUT2D eigenvalue weighted by Crippen LogP contribution is 2.36. The van der Waals surface area contributed by atoms with Crippen molar-refractivity contribution in [2.45, 2.75) is 58.0 Å². The maximum absolute atomic E-state index is 11.1. The first kappa shape index (κ1) is 18.1. The molecule has 0 fully saturated rings. The fraction of sp³-hybridized carbons (Fsp3) is 0.588. The molecule has 0 saturated carbocycles. The zero-order valence-electron chi connectivity index (χ0n) is 13.9. The first-order valence-electron chi connectivity index (χ1n) is 7.51. The van der Waals surface area contributed by atoms with E-state index in [-0.39, 0.29) is 5.04 Å². The number of hydrogen-bond donors (Lipinski definition) is 0. The normalized spacial score (nSPS) is 14.0. The Bertz CT molecular complexity index is 423. The van der Waals surface area contributed by atoms with Gasteiger partial charge >= 0.3 is 0 Å². The summed E-state index contributed by atoms with van der Waals surface area (Å²) in [5.41, 5.74) is 1.08. The Labute approximate surface area is 129 Å². The van der Waals surface area contributed by atoms with E-state index in [1.165, 1.54) is 0 Å². The standard InChI is InChI=1S/C17H28O3Si/c1-17(2,3)21(4,5)20-12-11-16(13-18)19-14-15-9-7-6-8-10-15/h6-10,13,16H,11-12,14H2,1-5H3/t16-/m0/s1. The molecule has 1 atom stereocenters. The van der Waals surface area contributed by atoms with Crippen LogP contribution >= 0.6 is 0 Å². The van der Waals surface area contributed by atoms with Crippen LogP contribution in [0.25, 0.3) is 0 Å². The van der Waals surface area contributed by atoms with E-state index in [2.05, 4.69) is 33.9 Å². The average Bonchev–Trinajstić information content (AvgIpc) is 2.42. The average molecular weight is 308 g/mol. The van der Waals surface area contributed by atoms with Gasteiger partial charge in [0.25, 0.3) is 0 Å². The van der Waals surface area contributed by atoms with E-state index in [1.807, 2.05) is 30.3 Å². The van der Waals surface area contributed by atoms with Gasteiger partial charge in [-0.05, 0) is 23.7 Å². The summed E-state index contributed by atoms with van der Waals surface area (Å²) < 4.78 is 11.7. The molecule has 21 heavy (non-hydrogen) atoms. The van der Waals surface area contributed by atoms with Crippen LogP contribution in [-0.2, 0) is 20.6 Å². The second kappa shape index (κ2) is 7.87. The van der Waals surface area contributed by atoms with Gasteiger partial charge in [0.2, 0.25) is 0 Å². The SMILES string of the molecule is CC(C)(C)[Si](C)(C)OCC[C@@H](C=O)OCc1ccccc1. The summed E-state index contributed by atoms with van der Waals surface area (Å²) in [6.07, 6.45) is 1.09. The van der Waals surface area contributed by atoms with Gasteiger partial charge in [-0.2, -0.15) is 0 Å². The van der Waals surface area contributed by atoms with Crippen molar-refractivity contribution in [2.24, 2.45) is 0 Å². The molecule has 0 radical (unpaired) electrons. The lowest BCUT2D eigenvalue weighted by molar-refractivity contribution is -0.119. The van der Waals surface area contributed by atoms with E-state index in [9.17, 15) is 4.79 Å². The minimum atomic E-state index is -1.74. The zero-order valence-corrected chi connectivity index (χ0v) is 14.9. The van der Waals surface area contributed by atoms with Crippen molar-refractivity contribution in [3.63, 3.8) is 0 Å². The molecule has 4 heteroatoms. The molecule has 0 bridgehead atoms. The second-order valence-electron chi connectivity index (χ2n) is 6.87. The van der Waals surface area contributed by atoms with E-state index in [0.717, 1.165) is 11.8 Å². The maximum Gasteiger partial charge on any atom is 0.191 e. The highest BCUT2D eigenvalue weighted by atomic mass is 28.4. The summed E-state index contributed by atoms with van der Waals surface area (Å²) in [5, 5.41) is 0.189. The summed E-state index contributed by atoms with van der Waals surface area (Å²) in [7, 11) is -1.74. The van der Waals surface area contributed by atoms with Crippen LogP contribution in [0.15, 0.2) is 30.3 Å². The molecule has 3 nitrogen and oxygen atoms in total. The molecule has 0 unspecified atom stereocenters. The van der Waals surface area contributed by atoms with Gasteiger partial charge in [-0.1, -0.05) is 51.1 Å². The zero-order chi connectivity index (χ0) is 15.9. The molecular weight excluding hydrogens is 280 g/mol. The summed E-state index contributed by atoms with van der Waals surface area (Å²) in [6.45, 7) is 12.1. The lowest BCUT2D eigenvalue weighted by atomic mass is 10.2. The summed E-state index contributed by atoms with van der Waals surface area (Å²) in [5.74, 6) is 0. The fourth-order valence-corrected chi connectivity index (χ4v) is 2.68. The molecule has 0 aliphatic carbocycles. The van der Waals surface area contributed by atoms with E-state index in [0.29, 0.717) is 19.6 Å². The van der Waals surface area contributed by atoms with Crippen LogP contribution in [0.5, 0.6) is 0 Å². The Balaban J connectivity index is 2.37. The maximum atomic E-state index is 11.1. The Morgan fingerprint density at radius 2 is 1.81 bits per heavy atom. The molecule has 0 aliphatic rings. The summed E-state index contributed by atoms with van der Waals surface area (Å²) in [4.78, 5) is 11.1. The molecule has 0 aliphatic heterocycles. The van der Waals surface area contributed by atoms with E-state index in [4.69, 9.17) is 9.16 Å². The first-order valence-corrected chi connectivity index (χ1v) is 10.4. The highest BCUT2D eigenvalue weighted by Gasteiger charge is 2.37. The van der Waals surface area contributed by atoms with Crippen LogP contribution in [0, 0.1) is 0 Å². The Hall–Kier alpha value is -0.973. The predicted octanol–water partition coefficient (Wildman–Crippen LogP) is 4.18. The summed E-state index contributed by atoms with van der Waals surface area (Å²) in [6, 6.07) is 9.89. The Morgan fingerprint density at radius 3 is 2.33 bits per heavy atom. The van der Waals surface area contributed by atoms with Gasteiger partial charge in [-0.25, -0.2) is 0 Å². The van der Waals surface area contributed by atoms with Gasteiger partial charge in [0.1, 0.15) is 12.4 Å². The van der Waals surface area contributed by atoms with E-state index < -0.39 is 14.4 Å². The van der Waals surface area contributed by atoms with Gasteiger partial charge in [0.05, 0.1) is 6.61 Å². The van der Waals surface area contributed by atoms with Crippen molar-refractivity contribution >= 4 is 14.6 Å². The van der Waals surface area contributed by atoms with Crippen molar-refractivity contribution in [1.82, 2.24) is 0 Å². The Kier molecular flexibility index (Phi) is 6.78. The van der Waals surface area contributed by atoms with Gasteiger partial charge in [0, 0.05) is 13.0 Å². The van der Waals surface area contributed by atoms with Crippen molar-refractivity contribution in [3.05, 3.63) is 35.9 Å². The lowest BCUT2D eigenvalue weighted by Gasteiger charge is -2.36. The van der Waals surface area contributed by atoms with E-state index in [1.54, 1.807) is 0 Å². The highest BCUT2D eigenvalue weighted by molar-refractivity contribution is 6.74. The molecule has 0 spiro atoms. The quantitative estimate of drug-likeness (QED) is 0.534. The molecule has 1 rings (SSSR count). The van der Waals surface area contributed by atoms with Crippen molar-refractivity contribution in [1.29, 1.82) is 0 Å². The lowest BCUT2D eigenvalue weighted by Crippen LogP contribution is -2.41. The molecule has 0 heterocycles. The van der Waals surface area contributed by atoms with Crippen molar-refractivity contribution in [3.8, 4) is 0 Å². The van der Waals surface area contributed by atoms with Crippen LogP contribution in [0.2, 0.25) is 18.1 Å². The van der Waals surface area contributed by atoms with Gasteiger partial charge in [0.15, 0.2) is 8.32 Å². The Morgan fingerprint density at radius 1 is 1.19 bits per heavy atom. The minimum absolute atomic E-state index is 0.189. The largest absolute Gasteiger partial charge is 0.417 e. The number of ether oxygens (including phenoxy) is 1. The fourth-order valence-electron chi connectivity index (χ4n) is 1.61. The second-order valence-corrected chi connectivity index (χ2v) is 11.7. The van der Waals surface area contributed by atoms with Crippen molar-refractivity contribution in [2.75, 3.05) is 6.61 Å².